The van der Waals surface area contributed by atoms with Gasteiger partial charge in [0, 0.05) is 18.7 Å². The lowest BCUT2D eigenvalue weighted by molar-refractivity contribution is 0.0258. The van der Waals surface area contributed by atoms with Crippen LogP contribution in [-0.2, 0) is 0 Å². The SMILES string of the molecule is OC[C@H]1CC[C@@H]2C[C@@H]3CCCN2[C@H]13. The summed E-state index contributed by atoms with van der Waals surface area (Å²) in [7, 11) is 0. The van der Waals surface area contributed by atoms with Gasteiger partial charge in [-0.25, -0.2) is 0 Å². The average Bonchev–Trinajstić information content (AvgIpc) is 2.39. The van der Waals surface area contributed by atoms with E-state index in [1.165, 1.54) is 38.6 Å². The molecular weight excluding hydrogens is 162 g/mol. The average molecular weight is 181 g/mol. The smallest absolute Gasteiger partial charge is 0.0474 e. The van der Waals surface area contributed by atoms with Crippen LogP contribution in [0.5, 0.6) is 0 Å². The molecule has 0 spiro atoms. The predicted octanol–water partition coefficient (Wildman–Crippen LogP) is 1.24. The minimum atomic E-state index is 0.421. The Labute approximate surface area is 79.9 Å². The minimum absolute atomic E-state index is 0.421. The molecule has 0 aromatic rings. The predicted molar refractivity (Wildman–Crippen MR) is 51.4 cm³/mol. The molecule has 5 atom stereocenters. The zero-order valence-corrected chi connectivity index (χ0v) is 8.15. The van der Waals surface area contributed by atoms with Gasteiger partial charge in [0.15, 0.2) is 0 Å². The highest BCUT2D eigenvalue weighted by Crippen LogP contribution is 2.47. The molecule has 3 rings (SSSR count). The second kappa shape index (κ2) is 2.96. The number of aliphatic hydroxyl groups is 1. The van der Waals surface area contributed by atoms with Gasteiger partial charge in [0.1, 0.15) is 0 Å². The summed E-state index contributed by atoms with van der Waals surface area (Å²) in [4.78, 5) is 2.71. The first-order valence-corrected chi connectivity index (χ1v) is 5.77. The first kappa shape index (κ1) is 8.25. The molecule has 3 fully saturated rings. The maximum absolute atomic E-state index is 9.34. The second-order valence-electron chi connectivity index (χ2n) is 5.04. The number of piperidine rings is 2. The Morgan fingerprint density at radius 3 is 3.00 bits per heavy atom. The quantitative estimate of drug-likeness (QED) is 0.658. The number of hydrogen-bond donors (Lipinski definition) is 1. The van der Waals surface area contributed by atoms with E-state index in [9.17, 15) is 5.11 Å². The Bertz CT molecular complexity index is 204. The summed E-state index contributed by atoms with van der Waals surface area (Å²) in [5, 5.41) is 9.34. The molecule has 74 valence electrons. The van der Waals surface area contributed by atoms with Gasteiger partial charge in [0.05, 0.1) is 0 Å². The van der Waals surface area contributed by atoms with E-state index < -0.39 is 0 Å². The lowest BCUT2D eigenvalue weighted by atomic mass is 9.82. The van der Waals surface area contributed by atoms with E-state index >= 15 is 0 Å². The fraction of sp³-hybridized carbons (Fsp3) is 1.00. The molecule has 2 heteroatoms. The summed E-state index contributed by atoms with van der Waals surface area (Å²) in [6, 6.07) is 1.65. The second-order valence-corrected chi connectivity index (χ2v) is 5.04. The number of rotatable bonds is 1. The molecule has 1 N–H and O–H groups in total. The van der Waals surface area contributed by atoms with Crippen molar-refractivity contribution in [3.05, 3.63) is 0 Å². The monoisotopic (exact) mass is 181 g/mol. The van der Waals surface area contributed by atoms with E-state index in [-0.39, 0.29) is 0 Å². The number of hydrogen-bond acceptors (Lipinski definition) is 2. The fourth-order valence-corrected chi connectivity index (χ4v) is 4.01. The van der Waals surface area contributed by atoms with E-state index in [1.807, 2.05) is 0 Å². The third-order valence-electron chi connectivity index (χ3n) is 4.49. The maximum Gasteiger partial charge on any atom is 0.0474 e. The Balaban J connectivity index is 1.87. The maximum atomic E-state index is 9.34. The number of nitrogens with zero attached hydrogens (tertiary/aromatic N) is 1. The van der Waals surface area contributed by atoms with E-state index in [4.69, 9.17) is 0 Å². The molecule has 0 radical (unpaired) electrons. The lowest BCUT2D eigenvalue weighted by Gasteiger charge is -2.43. The molecule has 3 aliphatic rings. The van der Waals surface area contributed by atoms with Crippen LogP contribution in [-0.4, -0.2) is 35.2 Å². The van der Waals surface area contributed by atoms with Crippen molar-refractivity contribution < 1.29 is 5.11 Å². The van der Waals surface area contributed by atoms with E-state index in [0.717, 1.165) is 18.0 Å². The van der Waals surface area contributed by atoms with Crippen molar-refractivity contribution in [3.63, 3.8) is 0 Å². The van der Waals surface area contributed by atoms with Crippen molar-refractivity contribution in [2.24, 2.45) is 11.8 Å². The summed E-state index contributed by atoms with van der Waals surface area (Å²) in [6.45, 7) is 1.73. The van der Waals surface area contributed by atoms with Gasteiger partial charge in [-0.05, 0) is 50.5 Å². The molecule has 13 heavy (non-hydrogen) atoms. The largest absolute Gasteiger partial charge is 0.396 e. The molecule has 4 bridgehead atoms. The molecule has 0 saturated carbocycles. The van der Waals surface area contributed by atoms with Gasteiger partial charge in [-0.1, -0.05) is 0 Å². The van der Waals surface area contributed by atoms with Crippen LogP contribution < -0.4 is 0 Å². The molecule has 0 aliphatic carbocycles. The number of aliphatic hydroxyl groups excluding tert-OH is 1. The molecule has 3 heterocycles. The van der Waals surface area contributed by atoms with E-state index in [0.29, 0.717) is 12.5 Å². The van der Waals surface area contributed by atoms with E-state index in [1.54, 1.807) is 0 Å². The molecule has 0 amide bonds. The van der Waals surface area contributed by atoms with Gasteiger partial charge in [-0.15, -0.1) is 0 Å². The van der Waals surface area contributed by atoms with Crippen molar-refractivity contribution in [1.82, 2.24) is 4.90 Å². The molecule has 3 aliphatic heterocycles. The van der Waals surface area contributed by atoms with Gasteiger partial charge in [0.25, 0.3) is 0 Å². The van der Waals surface area contributed by atoms with Crippen molar-refractivity contribution in [2.75, 3.05) is 13.2 Å². The van der Waals surface area contributed by atoms with Gasteiger partial charge >= 0.3 is 0 Å². The summed E-state index contributed by atoms with van der Waals surface area (Å²) in [5.41, 5.74) is 0. The van der Waals surface area contributed by atoms with Crippen LogP contribution in [0.3, 0.4) is 0 Å². The third-order valence-corrected chi connectivity index (χ3v) is 4.49. The van der Waals surface area contributed by atoms with Crippen LogP contribution in [0.25, 0.3) is 0 Å². The molecular formula is C11H19NO. The first-order valence-electron chi connectivity index (χ1n) is 5.77. The van der Waals surface area contributed by atoms with Crippen molar-refractivity contribution >= 4 is 0 Å². The van der Waals surface area contributed by atoms with Gasteiger partial charge < -0.3 is 5.11 Å². The third kappa shape index (κ3) is 1.08. The highest BCUT2D eigenvalue weighted by atomic mass is 16.3. The zero-order valence-electron chi connectivity index (χ0n) is 8.15. The van der Waals surface area contributed by atoms with Crippen molar-refractivity contribution in [1.29, 1.82) is 0 Å². The molecule has 0 aromatic carbocycles. The summed E-state index contributed by atoms with van der Waals surface area (Å²) in [5.74, 6) is 1.53. The van der Waals surface area contributed by atoms with Crippen LogP contribution in [0.1, 0.15) is 32.1 Å². The molecule has 1 unspecified atom stereocenters. The molecule has 2 nitrogen and oxygen atoms in total. The Hall–Kier alpha value is -0.0800. The molecule has 0 aromatic heterocycles. The summed E-state index contributed by atoms with van der Waals surface area (Å²) < 4.78 is 0. The van der Waals surface area contributed by atoms with Crippen molar-refractivity contribution in [3.8, 4) is 0 Å². The highest BCUT2D eigenvalue weighted by molar-refractivity contribution is 5.03. The Kier molecular flexibility index (Phi) is 1.88. The Morgan fingerprint density at radius 1 is 1.23 bits per heavy atom. The van der Waals surface area contributed by atoms with Crippen LogP contribution in [0.2, 0.25) is 0 Å². The zero-order chi connectivity index (χ0) is 8.84. The van der Waals surface area contributed by atoms with Gasteiger partial charge in [-0.2, -0.15) is 0 Å². The Morgan fingerprint density at radius 2 is 2.15 bits per heavy atom. The van der Waals surface area contributed by atoms with Gasteiger partial charge in [0.2, 0.25) is 0 Å². The van der Waals surface area contributed by atoms with Gasteiger partial charge in [-0.3, -0.25) is 4.90 Å². The first-order chi connectivity index (χ1) is 6.40. The van der Waals surface area contributed by atoms with E-state index in [2.05, 4.69) is 4.90 Å². The van der Waals surface area contributed by atoms with Crippen molar-refractivity contribution in [2.45, 2.75) is 44.2 Å². The summed E-state index contributed by atoms with van der Waals surface area (Å²) >= 11 is 0. The summed E-state index contributed by atoms with van der Waals surface area (Å²) in [6.07, 6.45) is 6.88. The standard InChI is InChI=1S/C11H19NO/c13-7-9-3-4-10-6-8-2-1-5-12(10)11(8)9/h8-11,13H,1-7H2/t8-,9+,10+,11-/m0/s1. The minimum Gasteiger partial charge on any atom is -0.396 e. The normalized spacial score (nSPS) is 53.8. The van der Waals surface area contributed by atoms with Crippen LogP contribution >= 0.6 is 0 Å². The fourth-order valence-electron chi connectivity index (χ4n) is 4.01. The van der Waals surface area contributed by atoms with Crippen LogP contribution in [0.4, 0.5) is 0 Å². The highest BCUT2D eigenvalue weighted by Gasteiger charge is 2.49. The van der Waals surface area contributed by atoms with Crippen LogP contribution in [0.15, 0.2) is 0 Å². The van der Waals surface area contributed by atoms with Crippen LogP contribution in [0, 0.1) is 11.8 Å². The topological polar surface area (TPSA) is 23.5 Å². The lowest BCUT2D eigenvalue weighted by Crippen LogP contribution is -2.49. The molecule has 3 saturated heterocycles.